The number of aromatic nitrogens is 2. The molecule has 19 heavy (non-hydrogen) atoms. The zero-order valence-corrected chi connectivity index (χ0v) is 12.3. The highest BCUT2D eigenvalue weighted by molar-refractivity contribution is 7.80. The van der Waals surface area contributed by atoms with Crippen molar-refractivity contribution in [3.05, 3.63) is 47.0 Å². The average molecular weight is 296 g/mol. The van der Waals surface area contributed by atoms with E-state index in [0.29, 0.717) is 22.0 Å². The second-order valence-electron chi connectivity index (χ2n) is 4.28. The Hall–Kier alpha value is -1.46. The molecule has 1 amide bonds. The van der Waals surface area contributed by atoms with Gasteiger partial charge in [0, 0.05) is 31.4 Å². The van der Waals surface area contributed by atoms with Crippen molar-refractivity contribution in [1.82, 2.24) is 14.5 Å². The lowest BCUT2D eigenvalue weighted by Crippen LogP contribution is -2.27. The average Bonchev–Trinajstić information content (AvgIpc) is 2.77. The van der Waals surface area contributed by atoms with E-state index in [1.165, 1.54) is 0 Å². The Bertz CT molecular complexity index is 612. The first-order chi connectivity index (χ1) is 8.99. The highest BCUT2D eigenvalue weighted by Crippen LogP contribution is 2.21. The smallest absolute Gasteiger partial charge is 0.255 e. The second-order valence-corrected chi connectivity index (χ2v) is 5.20. The van der Waals surface area contributed by atoms with Crippen LogP contribution in [0.1, 0.15) is 16.2 Å². The van der Waals surface area contributed by atoms with Gasteiger partial charge in [-0.2, -0.15) is 0 Å². The Morgan fingerprint density at radius 1 is 1.53 bits per heavy atom. The normalized spacial score (nSPS) is 10.5. The highest BCUT2D eigenvalue weighted by atomic mass is 35.5. The summed E-state index contributed by atoms with van der Waals surface area (Å²) in [5.41, 5.74) is 0.450. The van der Waals surface area contributed by atoms with Crippen LogP contribution in [0.2, 0.25) is 5.02 Å². The number of hydrogen-bond acceptors (Lipinski definition) is 3. The fraction of sp³-hybridized carbons (Fsp3) is 0.231. The number of imidazole rings is 1. The molecule has 1 aromatic carbocycles. The summed E-state index contributed by atoms with van der Waals surface area (Å²) < 4.78 is 1.88. The topological polar surface area (TPSA) is 38.1 Å². The van der Waals surface area contributed by atoms with E-state index >= 15 is 0 Å². The summed E-state index contributed by atoms with van der Waals surface area (Å²) in [4.78, 5) is 18.8. The van der Waals surface area contributed by atoms with Gasteiger partial charge in [0.2, 0.25) is 0 Å². The third-order valence-corrected chi connectivity index (χ3v) is 3.43. The first-order valence-electron chi connectivity index (χ1n) is 5.69. The van der Waals surface area contributed by atoms with Crippen molar-refractivity contribution in [3.63, 3.8) is 0 Å². The van der Waals surface area contributed by atoms with Gasteiger partial charge in [0.25, 0.3) is 5.91 Å². The minimum absolute atomic E-state index is 0.149. The largest absolute Gasteiger partial charge is 0.337 e. The minimum atomic E-state index is -0.149. The van der Waals surface area contributed by atoms with Crippen LogP contribution in [0.3, 0.4) is 0 Å². The summed E-state index contributed by atoms with van der Waals surface area (Å²) in [6, 6.07) is 5.09. The zero-order valence-electron chi connectivity index (χ0n) is 10.7. The van der Waals surface area contributed by atoms with E-state index in [4.69, 9.17) is 11.6 Å². The van der Waals surface area contributed by atoms with E-state index in [1.54, 1.807) is 36.3 Å². The first-order valence-corrected chi connectivity index (χ1v) is 6.51. The summed E-state index contributed by atoms with van der Waals surface area (Å²) in [5.74, 6) is 0.665. The molecule has 100 valence electrons. The van der Waals surface area contributed by atoms with Crippen LogP contribution in [0.5, 0.6) is 0 Å². The Balaban J connectivity index is 2.19. The van der Waals surface area contributed by atoms with Crippen LogP contribution in [-0.2, 0) is 13.6 Å². The van der Waals surface area contributed by atoms with Crippen molar-refractivity contribution in [2.24, 2.45) is 7.05 Å². The van der Waals surface area contributed by atoms with Crippen LogP contribution < -0.4 is 0 Å². The molecule has 2 rings (SSSR count). The maximum atomic E-state index is 12.3. The van der Waals surface area contributed by atoms with E-state index in [0.717, 1.165) is 5.82 Å². The van der Waals surface area contributed by atoms with Crippen molar-refractivity contribution >= 4 is 30.1 Å². The third kappa shape index (κ3) is 3.11. The number of nitrogens with zero attached hydrogens (tertiary/aromatic N) is 3. The van der Waals surface area contributed by atoms with Crippen molar-refractivity contribution in [2.75, 3.05) is 7.05 Å². The Kier molecular flexibility index (Phi) is 4.17. The first kappa shape index (κ1) is 14.0. The van der Waals surface area contributed by atoms with Crippen LogP contribution in [-0.4, -0.2) is 27.4 Å². The lowest BCUT2D eigenvalue weighted by Gasteiger charge is -2.17. The van der Waals surface area contributed by atoms with Crippen LogP contribution >= 0.6 is 24.2 Å². The van der Waals surface area contributed by atoms with Gasteiger partial charge < -0.3 is 9.47 Å². The number of rotatable bonds is 3. The summed E-state index contributed by atoms with van der Waals surface area (Å²) in [6.45, 7) is 0.426. The number of halogens is 1. The number of carbonyl (C=O) groups is 1. The molecule has 0 bridgehead atoms. The molecule has 0 saturated carbocycles. The highest BCUT2D eigenvalue weighted by Gasteiger charge is 2.16. The monoisotopic (exact) mass is 295 g/mol. The number of carbonyl (C=O) groups excluding carboxylic acids is 1. The van der Waals surface area contributed by atoms with Gasteiger partial charge in [0.15, 0.2) is 0 Å². The Labute approximate surface area is 122 Å². The fourth-order valence-corrected chi connectivity index (χ4v) is 2.12. The quantitative estimate of drug-likeness (QED) is 0.884. The molecule has 0 atom stereocenters. The molecule has 0 radical (unpaired) electrons. The van der Waals surface area contributed by atoms with Crippen LogP contribution in [0.15, 0.2) is 35.5 Å². The van der Waals surface area contributed by atoms with Gasteiger partial charge in [0.05, 0.1) is 17.1 Å². The summed E-state index contributed by atoms with van der Waals surface area (Å²) in [6.07, 6.45) is 3.55. The number of thiol groups is 1. The van der Waals surface area contributed by atoms with E-state index in [1.807, 2.05) is 17.8 Å². The molecule has 0 unspecified atom stereocenters. The molecule has 0 aliphatic heterocycles. The maximum absolute atomic E-state index is 12.3. The molecule has 0 aliphatic carbocycles. The molecule has 1 heterocycles. The maximum Gasteiger partial charge on any atom is 0.255 e. The Morgan fingerprint density at radius 3 is 2.89 bits per heavy atom. The minimum Gasteiger partial charge on any atom is -0.337 e. The number of hydrogen-bond donors (Lipinski definition) is 1. The number of aryl methyl sites for hydroxylation is 1. The van der Waals surface area contributed by atoms with Crippen LogP contribution in [0, 0.1) is 0 Å². The van der Waals surface area contributed by atoms with Crippen LogP contribution in [0.25, 0.3) is 0 Å². The predicted molar refractivity (Wildman–Crippen MR) is 77.7 cm³/mol. The molecule has 0 fully saturated rings. The fourth-order valence-electron chi connectivity index (χ4n) is 1.72. The molecular weight excluding hydrogens is 282 g/mol. The SMILES string of the molecule is CN(Cc1nccn1C)C(=O)c1cc(S)ccc1Cl. The second kappa shape index (κ2) is 5.67. The lowest BCUT2D eigenvalue weighted by atomic mass is 10.2. The summed E-state index contributed by atoms with van der Waals surface area (Å²) in [5, 5.41) is 0.425. The molecule has 4 nitrogen and oxygen atoms in total. The van der Waals surface area contributed by atoms with Gasteiger partial charge in [-0.3, -0.25) is 4.79 Å². The van der Waals surface area contributed by atoms with Gasteiger partial charge in [-0.25, -0.2) is 4.98 Å². The van der Waals surface area contributed by atoms with Gasteiger partial charge in [0.1, 0.15) is 5.82 Å². The number of amides is 1. The lowest BCUT2D eigenvalue weighted by molar-refractivity contribution is 0.0780. The van der Waals surface area contributed by atoms with Crippen molar-refractivity contribution in [2.45, 2.75) is 11.4 Å². The van der Waals surface area contributed by atoms with Crippen LogP contribution in [0.4, 0.5) is 0 Å². The van der Waals surface area contributed by atoms with Crippen molar-refractivity contribution in [3.8, 4) is 0 Å². The standard InChI is InChI=1S/C13H14ClN3OS/c1-16-6-5-15-12(16)8-17(2)13(18)10-7-9(19)3-4-11(10)14/h3-7,19H,8H2,1-2H3. The molecule has 6 heteroatoms. The van der Waals surface area contributed by atoms with E-state index < -0.39 is 0 Å². The van der Waals surface area contributed by atoms with Gasteiger partial charge in [-0.15, -0.1) is 12.6 Å². The molecular formula is C13H14ClN3OS. The van der Waals surface area contributed by atoms with E-state index in [-0.39, 0.29) is 5.91 Å². The molecule has 0 spiro atoms. The molecule has 2 aromatic rings. The molecule has 0 saturated heterocycles. The molecule has 0 N–H and O–H groups in total. The van der Waals surface area contributed by atoms with E-state index in [2.05, 4.69) is 17.6 Å². The zero-order chi connectivity index (χ0) is 14.0. The molecule has 0 aliphatic rings. The number of benzene rings is 1. The third-order valence-electron chi connectivity index (χ3n) is 2.83. The van der Waals surface area contributed by atoms with Gasteiger partial charge in [-0.1, -0.05) is 11.6 Å². The summed E-state index contributed by atoms with van der Waals surface area (Å²) >= 11 is 10.3. The van der Waals surface area contributed by atoms with Crippen molar-refractivity contribution < 1.29 is 4.79 Å². The Morgan fingerprint density at radius 2 is 2.26 bits per heavy atom. The van der Waals surface area contributed by atoms with Gasteiger partial charge >= 0.3 is 0 Å². The predicted octanol–water partition coefficient (Wildman–Crippen LogP) is 2.63. The molecule has 1 aromatic heterocycles. The van der Waals surface area contributed by atoms with E-state index in [9.17, 15) is 4.79 Å². The van der Waals surface area contributed by atoms with Crippen molar-refractivity contribution in [1.29, 1.82) is 0 Å². The van der Waals surface area contributed by atoms with Gasteiger partial charge in [-0.05, 0) is 18.2 Å². The summed E-state index contributed by atoms with van der Waals surface area (Å²) in [7, 11) is 3.61.